The molecule has 0 spiro atoms. The lowest BCUT2D eigenvalue weighted by atomic mass is 10.2. The Morgan fingerprint density at radius 3 is 2.75 bits per heavy atom. The lowest BCUT2D eigenvalue weighted by molar-refractivity contribution is 0.112. The Bertz CT molecular complexity index is 753. The molecule has 0 bridgehead atoms. The fourth-order valence-electron chi connectivity index (χ4n) is 1.96. The van der Waals surface area contributed by atoms with Gasteiger partial charge in [0.1, 0.15) is 11.2 Å². The van der Waals surface area contributed by atoms with Crippen molar-refractivity contribution in [1.82, 2.24) is 9.61 Å². The summed E-state index contributed by atoms with van der Waals surface area (Å²) in [5, 5.41) is 4.16. The Morgan fingerprint density at radius 2 is 2.00 bits per heavy atom. The highest BCUT2D eigenvalue weighted by molar-refractivity contribution is 9.10. The first-order valence-electron chi connectivity index (χ1n) is 6.08. The van der Waals surface area contributed by atoms with Crippen LogP contribution in [0.4, 0.5) is 0 Å². The second-order valence-corrected chi connectivity index (χ2v) is 5.03. The summed E-state index contributed by atoms with van der Waals surface area (Å²) in [6.07, 6.45) is 2.33. The predicted molar refractivity (Wildman–Crippen MR) is 79.1 cm³/mol. The molecule has 20 heavy (non-hydrogen) atoms. The standard InChI is InChI=1S/C15H11BrN2O2/c16-15-14(20-10-11-4-2-1-3-5-11)7-6-13-12(9-19)8-17-18(13)15/h1-9H,10H2. The third-order valence-corrected chi connectivity index (χ3v) is 3.71. The number of hydrogen-bond acceptors (Lipinski definition) is 3. The van der Waals surface area contributed by atoms with E-state index in [0.717, 1.165) is 17.4 Å². The second-order valence-electron chi connectivity index (χ2n) is 4.28. The summed E-state index contributed by atoms with van der Waals surface area (Å²) in [7, 11) is 0. The van der Waals surface area contributed by atoms with Crippen LogP contribution in [0.15, 0.2) is 53.3 Å². The highest BCUT2D eigenvalue weighted by Crippen LogP contribution is 2.27. The van der Waals surface area contributed by atoms with E-state index in [2.05, 4.69) is 21.0 Å². The zero-order valence-electron chi connectivity index (χ0n) is 10.5. The second kappa shape index (κ2) is 5.46. The van der Waals surface area contributed by atoms with Crippen LogP contribution in [0.5, 0.6) is 5.75 Å². The molecule has 3 aromatic rings. The zero-order chi connectivity index (χ0) is 13.9. The highest BCUT2D eigenvalue weighted by Gasteiger charge is 2.10. The van der Waals surface area contributed by atoms with Crippen molar-refractivity contribution >= 4 is 27.7 Å². The van der Waals surface area contributed by atoms with E-state index in [1.54, 1.807) is 4.52 Å². The minimum Gasteiger partial charge on any atom is -0.486 e. The first kappa shape index (κ1) is 12.9. The van der Waals surface area contributed by atoms with E-state index in [1.807, 2.05) is 42.5 Å². The SMILES string of the molecule is O=Cc1cnn2c(Br)c(OCc3ccccc3)ccc12. The van der Waals surface area contributed by atoms with Crippen LogP contribution in [-0.4, -0.2) is 15.9 Å². The number of rotatable bonds is 4. The molecule has 2 heterocycles. The lowest BCUT2D eigenvalue weighted by Crippen LogP contribution is -1.99. The Labute approximate surface area is 124 Å². The third-order valence-electron chi connectivity index (χ3n) is 2.98. The van der Waals surface area contributed by atoms with Crippen molar-refractivity contribution in [3.8, 4) is 5.75 Å². The number of fused-ring (bicyclic) bond motifs is 1. The van der Waals surface area contributed by atoms with E-state index in [9.17, 15) is 4.79 Å². The molecule has 0 N–H and O–H groups in total. The van der Waals surface area contributed by atoms with Crippen LogP contribution < -0.4 is 4.74 Å². The number of aromatic nitrogens is 2. The molecule has 3 rings (SSSR count). The van der Waals surface area contributed by atoms with Crippen LogP contribution in [0.2, 0.25) is 0 Å². The molecule has 4 nitrogen and oxygen atoms in total. The quantitative estimate of drug-likeness (QED) is 0.543. The largest absolute Gasteiger partial charge is 0.486 e. The van der Waals surface area contributed by atoms with Gasteiger partial charge in [-0.15, -0.1) is 0 Å². The van der Waals surface area contributed by atoms with Crippen LogP contribution in [0.3, 0.4) is 0 Å². The normalized spacial score (nSPS) is 10.7. The highest BCUT2D eigenvalue weighted by atomic mass is 79.9. The summed E-state index contributed by atoms with van der Waals surface area (Å²) in [4.78, 5) is 10.9. The number of hydrogen-bond donors (Lipinski definition) is 0. The fourth-order valence-corrected chi connectivity index (χ4v) is 2.48. The van der Waals surface area contributed by atoms with Gasteiger partial charge in [-0.25, -0.2) is 4.52 Å². The van der Waals surface area contributed by atoms with Crippen molar-refractivity contribution in [2.24, 2.45) is 0 Å². The molecule has 0 amide bonds. The van der Waals surface area contributed by atoms with Crippen LogP contribution in [-0.2, 0) is 6.61 Å². The van der Waals surface area contributed by atoms with Crippen molar-refractivity contribution in [2.45, 2.75) is 6.61 Å². The van der Waals surface area contributed by atoms with Gasteiger partial charge in [0.15, 0.2) is 12.0 Å². The van der Waals surface area contributed by atoms with E-state index in [1.165, 1.54) is 6.20 Å². The van der Waals surface area contributed by atoms with Gasteiger partial charge in [-0.3, -0.25) is 4.79 Å². The molecule has 0 saturated carbocycles. The summed E-state index contributed by atoms with van der Waals surface area (Å²) in [5.41, 5.74) is 2.40. The first-order chi connectivity index (χ1) is 9.79. The van der Waals surface area contributed by atoms with E-state index in [-0.39, 0.29) is 0 Å². The zero-order valence-corrected chi connectivity index (χ0v) is 12.1. The topological polar surface area (TPSA) is 43.6 Å². The molecule has 0 atom stereocenters. The van der Waals surface area contributed by atoms with Gasteiger partial charge in [-0.2, -0.15) is 5.10 Å². The number of carbonyl (C=O) groups excluding carboxylic acids is 1. The molecule has 0 saturated heterocycles. The molecule has 0 aliphatic carbocycles. The number of aldehydes is 1. The maximum absolute atomic E-state index is 10.9. The number of pyridine rings is 1. The summed E-state index contributed by atoms with van der Waals surface area (Å²) >= 11 is 3.46. The summed E-state index contributed by atoms with van der Waals surface area (Å²) in [5.74, 6) is 0.682. The van der Waals surface area contributed by atoms with Crippen molar-refractivity contribution < 1.29 is 9.53 Å². The third kappa shape index (κ3) is 2.32. The van der Waals surface area contributed by atoms with Gasteiger partial charge in [-0.05, 0) is 33.6 Å². The Hall–Kier alpha value is -2.14. The van der Waals surface area contributed by atoms with Crippen LogP contribution in [0.1, 0.15) is 15.9 Å². The summed E-state index contributed by atoms with van der Waals surface area (Å²) < 4.78 is 8.11. The molecule has 0 radical (unpaired) electrons. The average Bonchev–Trinajstić information content (AvgIpc) is 2.91. The van der Waals surface area contributed by atoms with Crippen molar-refractivity contribution in [1.29, 1.82) is 0 Å². The Kier molecular flexibility index (Phi) is 3.52. The van der Waals surface area contributed by atoms with Gasteiger partial charge < -0.3 is 4.74 Å². The minimum absolute atomic E-state index is 0.479. The van der Waals surface area contributed by atoms with E-state index < -0.39 is 0 Å². The maximum Gasteiger partial charge on any atom is 0.153 e. The van der Waals surface area contributed by atoms with Crippen molar-refractivity contribution in [3.05, 3.63) is 64.4 Å². The molecule has 0 unspecified atom stereocenters. The average molecular weight is 331 g/mol. The molecule has 100 valence electrons. The maximum atomic E-state index is 10.9. The van der Waals surface area contributed by atoms with E-state index in [0.29, 0.717) is 22.5 Å². The fraction of sp³-hybridized carbons (Fsp3) is 0.0667. The van der Waals surface area contributed by atoms with Gasteiger partial charge in [0.2, 0.25) is 0 Å². The predicted octanol–water partition coefficient (Wildman–Crippen LogP) is 3.49. The van der Waals surface area contributed by atoms with Gasteiger partial charge in [0.05, 0.1) is 17.3 Å². The van der Waals surface area contributed by atoms with Gasteiger partial charge in [-0.1, -0.05) is 30.3 Å². The molecule has 5 heteroatoms. The Balaban J connectivity index is 1.89. The molecule has 0 fully saturated rings. The molecule has 0 aliphatic heterocycles. The molecular weight excluding hydrogens is 320 g/mol. The first-order valence-corrected chi connectivity index (χ1v) is 6.87. The minimum atomic E-state index is 0.479. The van der Waals surface area contributed by atoms with Gasteiger partial charge >= 0.3 is 0 Å². The smallest absolute Gasteiger partial charge is 0.153 e. The number of halogens is 1. The van der Waals surface area contributed by atoms with Crippen LogP contribution in [0, 0.1) is 0 Å². The van der Waals surface area contributed by atoms with Gasteiger partial charge in [0, 0.05) is 0 Å². The molecule has 2 aromatic heterocycles. The number of benzene rings is 1. The molecular formula is C15H11BrN2O2. The number of carbonyl (C=O) groups is 1. The van der Waals surface area contributed by atoms with Crippen LogP contribution in [0.25, 0.3) is 5.52 Å². The number of nitrogens with zero attached hydrogens (tertiary/aromatic N) is 2. The summed E-state index contributed by atoms with van der Waals surface area (Å²) in [6, 6.07) is 13.6. The van der Waals surface area contributed by atoms with Crippen LogP contribution >= 0.6 is 15.9 Å². The molecule has 1 aromatic carbocycles. The van der Waals surface area contributed by atoms with Crippen molar-refractivity contribution in [3.63, 3.8) is 0 Å². The van der Waals surface area contributed by atoms with E-state index >= 15 is 0 Å². The lowest BCUT2D eigenvalue weighted by Gasteiger charge is -2.09. The summed E-state index contributed by atoms with van der Waals surface area (Å²) in [6.45, 7) is 0.479. The monoisotopic (exact) mass is 330 g/mol. The van der Waals surface area contributed by atoms with E-state index in [4.69, 9.17) is 4.74 Å². The van der Waals surface area contributed by atoms with Gasteiger partial charge in [0.25, 0.3) is 0 Å². The number of ether oxygens (including phenoxy) is 1. The van der Waals surface area contributed by atoms with Crippen molar-refractivity contribution in [2.75, 3.05) is 0 Å². The molecule has 0 aliphatic rings. The Morgan fingerprint density at radius 1 is 1.20 bits per heavy atom.